The standard InChI is InChI=1S/C26H27N2O/c1-14(2)10-18-12-19-11-16(4)17(5)22-23(19)21(13-18)29-26-25(22)28(6)20-9-7-8-15(3)24(20)27-26/h7-9,11-14H,10H2,1-6H3/q+1. The Hall–Kier alpha value is -2.94. The first kappa shape index (κ1) is 18.1. The van der Waals surface area contributed by atoms with E-state index in [1.54, 1.807) is 0 Å². The van der Waals surface area contributed by atoms with Crippen LogP contribution in [0.1, 0.15) is 36.1 Å². The molecule has 0 unspecified atom stereocenters. The summed E-state index contributed by atoms with van der Waals surface area (Å²) in [5.41, 5.74) is 9.53. The van der Waals surface area contributed by atoms with Crippen LogP contribution in [0.15, 0.2) is 36.4 Å². The molecular weight excluding hydrogens is 356 g/mol. The Morgan fingerprint density at radius 1 is 1.03 bits per heavy atom. The molecule has 3 aromatic carbocycles. The maximum absolute atomic E-state index is 6.48. The number of aromatic nitrogens is 2. The molecule has 0 saturated carbocycles. The summed E-state index contributed by atoms with van der Waals surface area (Å²) in [7, 11) is 2.12. The minimum atomic E-state index is 0.601. The normalized spacial score (nSPS) is 12.5. The molecule has 146 valence electrons. The SMILES string of the molecule is Cc1cc2cc(CC(C)C)cc3c2c(c1C)-c1c(nc2c(C)cccc2[n+]1C)O3. The summed E-state index contributed by atoms with van der Waals surface area (Å²) >= 11 is 0. The molecule has 3 nitrogen and oxygen atoms in total. The van der Waals surface area contributed by atoms with E-state index in [2.05, 4.69) is 82.6 Å². The van der Waals surface area contributed by atoms with E-state index in [0.29, 0.717) is 11.8 Å². The van der Waals surface area contributed by atoms with Gasteiger partial charge in [0, 0.05) is 11.5 Å². The highest BCUT2D eigenvalue weighted by molar-refractivity contribution is 6.05. The zero-order valence-corrected chi connectivity index (χ0v) is 18.1. The molecule has 4 aromatic rings. The summed E-state index contributed by atoms with van der Waals surface area (Å²) < 4.78 is 8.73. The highest BCUT2D eigenvalue weighted by Crippen LogP contribution is 2.47. The molecular formula is C26H27N2O+. The first-order valence-electron chi connectivity index (χ1n) is 10.4. The molecule has 1 aromatic heterocycles. The number of ether oxygens (including phenoxy) is 1. The first-order chi connectivity index (χ1) is 13.8. The maximum atomic E-state index is 6.48. The van der Waals surface area contributed by atoms with Gasteiger partial charge in [-0.15, -0.1) is 0 Å². The lowest BCUT2D eigenvalue weighted by molar-refractivity contribution is -0.634. The van der Waals surface area contributed by atoms with Gasteiger partial charge in [-0.2, -0.15) is 4.57 Å². The van der Waals surface area contributed by atoms with Crippen molar-refractivity contribution in [3.05, 3.63) is 58.7 Å². The van der Waals surface area contributed by atoms with Crippen molar-refractivity contribution in [3.8, 4) is 22.9 Å². The lowest BCUT2D eigenvalue weighted by Crippen LogP contribution is -2.34. The number of hydrogen-bond donors (Lipinski definition) is 0. The molecule has 5 rings (SSSR count). The number of benzene rings is 3. The van der Waals surface area contributed by atoms with E-state index in [1.807, 2.05) is 0 Å². The molecule has 2 heterocycles. The summed E-state index contributed by atoms with van der Waals surface area (Å²) in [4.78, 5) is 4.98. The topological polar surface area (TPSA) is 26.0 Å². The van der Waals surface area contributed by atoms with Crippen molar-refractivity contribution in [2.75, 3.05) is 0 Å². The van der Waals surface area contributed by atoms with E-state index < -0.39 is 0 Å². The zero-order valence-electron chi connectivity index (χ0n) is 18.1. The van der Waals surface area contributed by atoms with Crippen LogP contribution in [0.5, 0.6) is 11.6 Å². The highest BCUT2D eigenvalue weighted by atomic mass is 16.5. The van der Waals surface area contributed by atoms with Crippen molar-refractivity contribution in [3.63, 3.8) is 0 Å². The van der Waals surface area contributed by atoms with E-state index in [-0.39, 0.29) is 0 Å². The Morgan fingerprint density at radius 2 is 1.83 bits per heavy atom. The van der Waals surface area contributed by atoms with Crippen LogP contribution in [0.4, 0.5) is 0 Å². The molecule has 3 heteroatoms. The summed E-state index contributed by atoms with van der Waals surface area (Å²) in [6.45, 7) is 11.0. The predicted molar refractivity (Wildman–Crippen MR) is 119 cm³/mol. The van der Waals surface area contributed by atoms with Crippen LogP contribution in [-0.2, 0) is 13.5 Å². The molecule has 0 amide bonds. The minimum absolute atomic E-state index is 0.601. The Labute approximate surface area is 172 Å². The molecule has 0 atom stereocenters. The summed E-state index contributed by atoms with van der Waals surface area (Å²) in [5, 5.41) is 2.46. The van der Waals surface area contributed by atoms with Crippen molar-refractivity contribution >= 4 is 21.8 Å². The van der Waals surface area contributed by atoms with Crippen LogP contribution in [0.25, 0.3) is 33.1 Å². The van der Waals surface area contributed by atoms with Crippen LogP contribution in [0.3, 0.4) is 0 Å². The Bertz CT molecular complexity index is 1320. The van der Waals surface area contributed by atoms with Gasteiger partial charge in [0.05, 0.1) is 5.56 Å². The van der Waals surface area contributed by atoms with Gasteiger partial charge in [-0.25, -0.2) is 4.98 Å². The van der Waals surface area contributed by atoms with Crippen molar-refractivity contribution in [2.45, 2.75) is 41.0 Å². The van der Waals surface area contributed by atoms with E-state index in [0.717, 1.165) is 34.5 Å². The van der Waals surface area contributed by atoms with E-state index >= 15 is 0 Å². The van der Waals surface area contributed by atoms with E-state index in [4.69, 9.17) is 9.72 Å². The molecule has 0 spiro atoms. The smallest absolute Gasteiger partial charge is 0.294 e. The van der Waals surface area contributed by atoms with Crippen LogP contribution >= 0.6 is 0 Å². The summed E-state index contributed by atoms with van der Waals surface area (Å²) in [5.74, 6) is 2.24. The molecule has 29 heavy (non-hydrogen) atoms. The Balaban J connectivity index is 1.92. The molecule has 0 fully saturated rings. The van der Waals surface area contributed by atoms with Gasteiger partial charge >= 0.3 is 0 Å². The summed E-state index contributed by atoms with van der Waals surface area (Å²) in [6, 6.07) is 13.2. The van der Waals surface area contributed by atoms with Crippen LogP contribution in [0.2, 0.25) is 0 Å². The average Bonchev–Trinajstić information content (AvgIpc) is 2.65. The molecule has 0 N–H and O–H groups in total. The van der Waals surface area contributed by atoms with Crippen LogP contribution in [-0.4, -0.2) is 4.98 Å². The third-order valence-corrected chi connectivity index (χ3v) is 6.20. The minimum Gasteiger partial charge on any atom is -0.433 e. The fourth-order valence-electron chi connectivity index (χ4n) is 4.70. The van der Waals surface area contributed by atoms with Crippen LogP contribution < -0.4 is 9.30 Å². The van der Waals surface area contributed by atoms with Gasteiger partial charge in [-0.1, -0.05) is 38.1 Å². The second-order valence-electron chi connectivity index (χ2n) is 8.85. The monoisotopic (exact) mass is 383 g/mol. The van der Waals surface area contributed by atoms with Crippen molar-refractivity contribution in [1.29, 1.82) is 0 Å². The van der Waals surface area contributed by atoms with E-state index in [1.165, 1.54) is 33.0 Å². The number of aryl methyl sites for hydroxylation is 3. The second-order valence-corrected chi connectivity index (χ2v) is 8.85. The third-order valence-electron chi connectivity index (χ3n) is 6.20. The molecule has 0 saturated heterocycles. The lowest BCUT2D eigenvalue weighted by Gasteiger charge is -2.23. The second kappa shape index (κ2) is 6.28. The third kappa shape index (κ3) is 2.64. The first-order valence-corrected chi connectivity index (χ1v) is 10.4. The quantitative estimate of drug-likeness (QED) is 0.344. The van der Waals surface area contributed by atoms with Crippen LogP contribution in [0, 0.1) is 26.7 Å². The largest absolute Gasteiger partial charge is 0.433 e. The van der Waals surface area contributed by atoms with Crippen molar-refractivity contribution in [1.82, 2.24) is 4.98 Å². The summed E-state index contributed by atoms with van der Waals surface area (Å²) in [6.07, 6.45) is 1.04. The maximum Gasteiger partial charge on any atom is 0.294 e. The van der Waals surface area contributed by atoms with Gasteiger partial charge < -0.3 is 4.74 Å². The van der Waals surface area contributed by atoms with Gasteiger partial charge in [-0.05, 0) is 66.8 Å². The number of nitrogens with zero attached hydrogens (tertiary/aromatic N) is 2. The Morgan fingerprint density at radius 3 is 2.59 bits per heavy atom. The van der Waals surface area contributed by atoms with Gasteiger partial charge in [-0.3, -0.25) is 0 Å². The fraction of sp³-hybridized carbons (Fsp3) is 0.308. The number of fused-ring (bicyclic) bond motifs is 3. The van der Waals surface area contributed by atoms with Gasteiger partial charge in [0.1, 0.15) is 18.3 Å². The molecule has 0 radical (unpaired) electrons. The van der Waals surface area contributed by atoms with Gasteiger partial charge in [0.15, 0.2) is 0 Å². The fourth-order valence-corrected chi connectivity index (χ4v) is 4.70. The number of hydrogen-bond acceptors (Lipinski definition) is 2. The Kier molecular flexibility index (Phi) is 3.92. The molecule has 0 bridgehead atoms. The molecule has 1 aliphatic heterocycles. The van der Waals surface area contributed by atoms with Crippen molar-refractivity contribution < 1.29 is 9.30 Å². The lowest BCUT2D eigenvalue weighted by atomic mass is 9.89. The van der Waals surface area contributed by atoms with Crippen molar-refractivity contribution in [2.24, 2.45) is 13.0 Å². The molecule has 1 aliphatic rings. The van der Waals surface area contributed by atoms with E-state index in [9.17, 15) is 0 Å². The predicted octanol–water partition coefficient (Wildman–Crippen LogP) is 6.11. The number of rotatable bonds is 2. The molecule has 0 aliphatic carbocycles. The average molecular weight is 384 g/mol. The zero-order chi connectivity index (χ0) is 20.4. The van der Waals surface area contributed by atoms with Gasteiger partial charge in [0.2, 0.25) is 5.52 Å². The van der Waals surface area contributed by atoms with Gasteiger partial charge in [0.25, 0.3) is 11.6 Å². The number of para-hydroxylation sites is 1. The highest BCUT2D eigenvalue weighted by Gasteiger charge is 2.33.